The van der Waals surface area contributed by atoms with Gasteiger partial charge in [-0.05, 0) is 51.1 Å². The molecule has 1 aliphatic heterocycles. The van der Waals surface area contributed by atoms with E-state index in [-0.39, 0.29) is 0 Å². The van der Waals surface area contributed by atoms with Gasteiger partial charge in [0.1, 0.15) is 0 Å². The van der Waals surface area contributed by atoms with Gasteiger partial charge in [-0.1, -0.05) is 19.3 Å². The van der Waals surface area contributed by atoms with Crippen LogP contribution in [0, 0.1) is 18.3 Å². The monoisotopic (exact) mass is 269 g/mol. The van der Waals surface area contributed by atoms with E-state index >= 15 is 0 Å². The van der Waals surface area contributed by atoms with Crippen LogP contribution in [0.1, 0.15) is 45.4 Å². The van der Waals surface area contributed by atoms with Gasteiger partial charge in [0.05, 0.1) is 6.61 Å². The Balaban J connectivity index is 1.88. The molecule has 19 heavy (non-hydrogen) atoms. The van der Waals surface area contributed by atoms with E-state index in [4.69, 9.17) is 11.2 Å². The van der Waals surface area contributed by atoms with Crippen LogP contribution in [0.5, 0.6) is 0 Å². The van der Waals surface area contributed by atoms with Gasteiger partial charge in [-0.3, -0.25) is 0 Å². The average Bonchev–Trinajstić information content (AvgIpc) is 2.46. The van der Waals surface area contributed by atoms with E-state index in [1.165, 1.54) is 32.4 Å². The SMILES string of the molecule is C#CC(F)CCCCOCCN1CCC(CC)CC1. The lowest BCUT2D eigenvalue weighted by Gasteiger charge is -2.31. The van der Waals surface area contributed by atoms with Crippen molar-refractivity contribution in [3.05, 3.63) is 0 Å². The lowest BCUT2D eigenvalue weighted by Crippen LogP contribution is -2.35. The number of halogens is 1. The van der Waals surface area contributed by atoms with Crippen LogP contribution in [0.25, 0.3) is 0 Å². The second-order valence-electron chi connectivity index (χ2n) is 5.44. The molecule has 0 aromatic carbocycles. The summed E-state index contributed by atoms with van der Waals surface area (Å²) in [5.74, 6) is 3.04. The molecule has 0 radical (unpaired) electrons. The molecule has 3 heteroatoms. The third-order valence-electron chi connectivity index (χ3n) is 4.01. The fourth-order valence-electron chi connectivity index (χ4n) is 2.53. The van der Waals surface area contributed by atoms with E-state index < -0.39 is 6.17 Å². The van der Waals surface area contributed by atoms with Crippen molar-refractivity contribution < 1.29 is 9.13 Å². The first-order chi connectivity index (χ1) is 9.26. The Morgan fingerprint density at radius 1 is 1.32 bits per heavy atom. The van der Waals surface area contributed by atoms with E-state index in [0.29, 0.717) is 6.42 Å². The molecule has 0 amide bonds. The van der Waals surface area contributed by atoms with Crippen molar-refractivity contribution in [1.29, 1.82) is 0 Å². The molecular weight excluding hydrogens is 241 g/mol. The molecule has 1 aliphatic rings. The molecule has 0 aliphatic carbocycles. The van der Waals surface area contributed by atoms with E-state index in [2.05, 4.69) is 17.7 Å². The Labute approximate surface area is 117 Å². The Morgan fingerprint density at radius 2 is 2.05 bits per heavy atom. The van der Waals surface area contributed by atoms with E-state index in [0.717, 1.165) is 38.5 Å². The summed E-state index contributed by atoms with van der Waals surface area (Å²) >= 11 is 0. The second kappa shape index (κ2) is 10.2. The number of terminal acetylenes is 1. The zero-order chi connectivity index (χ0) is 13.9. The summed E-state index contributed by atoms with van der Waals surface area (Å²) in [6, 6.07) is 0. The molecule has 0 aromatic heterocycles. The third kappa shape index (κ3) is 7.54. The normalized spacial score (nSPS) is 19.2. The maximum Gasteiger partial charge on any atom is 0.160 e. The highest BCUT2D eigenvalue weighted by Gasteiger charge is 2.16. The summed E-state index contributed by atoms with van der Waals surface area (Å²) in [5.41, 5.74) is 0. The van der Waals surface area contributed by atoms with Crippen LogP contribution < -0.4 is 0 Å². The molecule has 0 N–H and O–H groups in total. The maximum atomic E-state index is 12.7. The fourth-order valence-corrected chi connectivity index (χ4v) is 2.53. The molecular formula is C16H28FNO. The Bertz CT molecular complexity index is 256. The predicted molar refractivity (Wildman–Crippen MR) is 77.9 cm³/mol. The van der Waals surface area contributed by atoms with Crippen molar-refractivity contribution in [3.8, 4) is 12.3 Å². The fraction of sp³-hybridized carbons (Fsp3) is 0.875. The maximum absolute atomic E-state index is 12.7. The van der Waals surface area contributed by atoms with Crippen LogP contribution in [-0.4, -0.2) is 43.9 Å². The Morgan fingerprint density at radius 3 is 2.68 bits per heavy atom. The summed E-state index contributed by atoms with van der Waals surface area (Å²) in [4.78, 5) is 2.49. The molecule has 1 saturated heterocycles. The summed E-state index contributed by atoms with van der Waals surface area (Å²) in [6.07, 6.45) is 10.1. The Hall–Kier alpha value is -0.590. The highest BCUT2D eigenvalue weighted by molar-refractivity contribution is 4.93. The third-order valence-corrected chi connectivity index (χ3v) is 4.01. The van der Waals surface area contributed by atoms with Crippen LogP contribution in [0.15, 0.2) is 0 Å². The highest BCUT2D eigenvalue weighted by Crippen LogP contribution is 2.19. The molecule has 1 heterocycles. The van der Waals surface area contributed by atoms with Crippen LogP contribution in [0.4, 0.5) is 4.39 Å². The summed E-state index contributed by atoms with van der Waals surface area (Å²) in [7, 11) is 0. The van der Waals surface area contributed by atoms with Crippen molar-refractivity contribution in [2.45, 2.75) is 51.6 Å². The lowest BCUT2D eigenvalue weighted by atomic mass is 9.94. The van der Waals surface area contributed by atoms with Crippen LogP contribution in [0.3, 0.4) is 0 Å². The average molecular weight is 269 g/mol. The number of nitrogens with zero attached hydrogens (tertiary/aromatic N) is 1. The quantitative estimate of drug-likeness (QED) is 0.470. The number of ether oxygens (including phenoxy) is 1. The van der Waals surface area contributed by atoms with Gasteiger partial charge in [-0.15, -0.1) is 6.42 Å². The van der Waals surface area contributed by atoms with Crippen molar-refractivity contribution in [1.82, 2.24) is 4.90 Å². The van der Waals surface area contributed by atoms with Crippen LogP contribution in [0.2, 0.25) is 0 Å². The molecule has 0 bridgehead atoms. The van der Waals surface area contributed by atoms with Crippen LogP contribution >= 0.6 is 0 Å². The minimum Gasteiger partial charge on any atom is -0.380 e. The topological polar surface area (TPSA) is 12.5 Å². The molecule has 1 unspecified atom stereocenters. The van der Waals surface area contributed by atoms with Gasteiger partial charge in [0, 0.05) is 13.2 Å². The van der Waals surface area contributed by atoms with E-state index in [1.807, 2.05) is 0 Å². The van der Waals surface area contributed by atoms with Gasteiger partial charge < -0.3 is 9.64 Å². The molecule has 1 atom stereocenters. The first kappa shape index (κ1) is 16.5. The largest absolute Gasteiger partial charge is 0.380 e. The summed E-state index contributed by atoms with van der Waals surface area (Å²) < 4.78 is 18.3. The first-order valence-electron chi connectivity index (χ1n) is 7.66. The van der Waals surface area contributed by atoms with Crippen molar-refractivity contribution in [2.75, 3.05) is 32.8 Å². The number of likely N-dealkylation sites (tertiary alicyclic amines) is 1. The van der Waals surface area contributed by atoms with Gasteiger partial charge in [-0.2, -0.15) is 0 Å². The zero-order valence-corrected chi connectivity index (χ0v) is 12.2. The van der Waals surface area contributed by atoms with E-state index in [1.54, 1.807) is 0 Å². The second-order valence-corrected chi connectivity index (χ2v) is 5.44. The number of rotatable bonds is 9. The predicted octanol–water partition coefficient (Wildman–Crippen LogP) is 3.27. The smallest absolute Gasteiger partial charge is 0.160 e. The summed E-state index contributed by atoms with van der Waals surface area (Å²) in [6.45, 7) is 7.27. The number of piperidine rings is 1. The van der Waals surface area contributed by atoms with E-state index in [9.17, 15) is 4.39 Å². The molecule has 1 rings (SSSR count). The van der Waals surface area contributed by atoms with Gasteiger partial charge in [0.2, 0.25) is 0 Å². The van der Waals surface area contributed by atoms with Gasteiger partial charge in [0.15, 0.2) is 6.17 Å². The number of hydrogen-bond donors (Lipinski definition) is 0. The first-order valence-corrected chi connectivity index (χ1v) is 7.66. The minimum atomic E-state index is -1.08. The lowest BCUT2D eigenvalue weighted by molar-refractivity contribution is 0.0853. The number of unbranched alkanes of at least 4 members (excludes halogenated alkanes) is 1. The highest BCUT2D eigenvalue weighted by atomic mass is 19.1. The van der Waals surface area contributed by atoms with Crippen LogP contribution in [-0.2, 0) is 4.74 Å². The number of alkyl halides is 1. The van der Waals surface area contributed by atoms with Crippen molar-refractivity contribution in [3.63, 3.8) is 0 Å². The van der Waals surface area contributed by atoms with Gasteiger partial charge in [-0.25, -0.2) is 4.39 Å². The van der Waals surface area contributed by atoms with Crippen molar-refractivity contribution >= 4 is 0 Å². The Kier molecular flexibility index (Phi) is 8.86. The minimum absolute atomic E-state index is 0.463. The number of hydrogen-bond acceptors (Lipinski definition) is 2. The standard InChI is InChI=1S/C16H28FNO/c1-3-15-8-10-18(11-9-15)12-14-19-13-6-5-7-16(17)4-2/h2,15-16H,3,5-14H2,1H3. The molecule has 0 aromatic rings. The zero-order valence-electron chi connectivity index (χ0n) is 12.2. The molecule has 2 nitrogen and oxygen atoms in total. The van der Waals surface area contributed by atoms with Gasteiger partial charge >= 0.3 is 0 Å². The molecule has 0 spiro atoms. The molecule has 0 saturated carbocycles. The molecule has 1 fully saturated rings. The van der Waals surface area contributed by atoms with Crippen molar-refractivity contribution in [2.24, 2.45) is 5.92 Å². The summed E-state index contributed by atoms with van der Waals surface area (Å²) in [5, 5.41) is 0. The molecule has 110 valence electrons. The van der Waals surface area contributed by atoms with Gasteiger partial charge in [0.25, 0.3) is 0 Å².